The number of amides is 2. The van der Waals surface area contributed by atoms with Gasteiger partial charge in [0.2, 0.25) is 11.8 Å². The molecule has 8 heteroatoms. The summed E-state index contributed by atoms with van der Waals surface area (Å²) in [5.74, 6) is -3.49. The van der Waals surface area contributed by atoms with E-state index in [1.165, 1.54) is 4.90 Å². The molecule has 0 radical (unpaired) electrons. The van der Waals surface area contributed by atoms with Gasteiger partial charge in [-0.1, -0.05) is 73.5 Å². The SMILES string of the molecule is C[C@H](NC(=O)[C@@H]1CCCC[C@@H]1C(=O)OC(c1ccccc1)c1ccccc1)C(=O)N1CCC[C@H]1C(=O)O. The predicted molar refractivity (Wildman–Crippen MR) is 136 cm³/mol. The molecule has 2 aliphatic rings. The molecule has 2 amide bonds. The Labute approximate surface area is 217 Å². The maximum atomic E-state index is 13.5. The highest BCUT2D eigenvalue weighted by Crippen LogP contribution is 2.34. The zero-order valence-corrected chi connectivity index (χ0v) is 21.0. The van der Waals surface area contributed by atoms with E-state index in [0.717, 1.165) is 24.0 Å². The van der Waals surface area contributed by atoms with Gasteiger partial charge in [-0.2, -0.15) is 0 Å². The number of carboxylic acid groups (broad SMARTS) is 1. The third-order valence-corrected chi connectivity index (χ3v) is 7.39. The van der Waals surface area contributed by atoms with Crippen LogP contribution in [0.1, 0.15) is 62.7 Å². The molecule has 1 heterocycles. The van der Waals surface area contributed by atoms with Gasteiger partial charge in [-0.3, -0.25) is 14.4 Å². The summed E-state index contributed by atoms with van der Waals surface area (Å²) in [6.07, 6.45) is 3.10. The summed E-state index contributed by atoms with van der Waals surface area (Å²) in [4.78, 5) is 52.5. The van der Waals surface area contributed by atoms with Crippen LogP contribution >= 0.6 is 0 Å². The van der Waals surface area contributed by atoms with Crippen molar-refractivity contribution >= 4 is 23.8 Å². The van der Waals surface area contributed by atoms with Crippen molar-refractivity contribution < 1.29 is 29.0 Å². The lowest BCUT2D eigenvalue weighted by atomic mass is 9.78. The molecule has 37 heavy (non-hydrogen) atoms. The van der Waals surface area contributed by atoms with Crippen molar-refractivity contribution in [3.8, 4) is 0 Å². The lowest BCUT2D eigenvalue weighted by Crippen LogP contribution is -2.52. The number of carboxylic acids is 1. The van der Waals surface area contributed by atoms with E-state index in [4.69, 9.17) is 4.74 Å². The molecule has 0 unspecified atom stereocenters. The summed E-state index contributed by atoms with van der Waals surface area (Å²) < 4.78 is 6.06. The minimum absolute atomic E-state index is 0.356. The monoisotopic (exact) mass is 506 g/mol. The number of aliphatic carboxylic acids is 1. The molecule has 2 fully saturated rings. The molecule has 1 saturated heterocycles. The molecule has 0 aromatic heterocycles. The van der Waals surface area contributed by atoms with Gasteiger partial charge in [0.15, 0.2) is 6.10 Å². The van der Waals surface area contributed by atoms with Crippen LogP contribution in [0, 0.1) is 11.8 Å². The van der Waals surface area contributed by atoms with Crippen molar-refractivity contribution in [2.24, 2.45) is 11.8 Å². The summed E-state index contributed by atoms with van der Waals surface area (Å²) in [6, 6.07) is 17.3. The minimum atomic E-state index is -1.04. The molecule has 0 bridgehead atoms. The Kier molecular flexibility index (Phi) is 8.58. The van der Waals surface area contributed by atoms with Crippen molar-refractivity contribution in [2.45, 2.75) is 63.6 Å². The molecule has 4 rings (SSSR count). The molecule has 1 aliphatic carbocycles. The molecule has 0 spiro atoms. The maximum Gasteiger partial charge on any atom is 0.326 e. The van der Waals surface area contributed by atoms with Gasteiger partial charge < -0.3 is 20.1 Å². The average molecular weight is 507 g/mol. The number of carbonyl (C=O) groups is 4. The van der Waals surface area contributed by atoms with E-state index in [2.05, 4.69) is 5.32 Å². The third-order valence-electron chi connectivity index (χ3n) is 7.39. The van der Waals surface area contributed by atoms with Crippen LogP contribution in [0.15, 0.2) is 60.7 Å². The summed E-state index contributed by atoms with van der Waals surface area (Å²) in [7, 11) is 0. The Morgan fingerprint density at radius 2 is 1.43 bits per heavy atom. The zero-order valence-electron chi connectivity index (χ0n) is 21.0. The highest BCUT2D eigenvalue weighted by atomic mass is 16.5. The quantitative estimate of drug-likeness (QED) is 0.528. The first-order chi connectivity index (χ1) is 17.9. The number of likely N-dealkylation sites (tertiary alicyclic amines) is 1. The first-order valence-electron chi connectivity index (χ1n) is 13.0. The molecule has 2 N–H and O–H groups in total. The Balaban J connectivity index is 1.46. The van der Waals surface area contributed by atoms with Crippen LogP contribution in [-0.4, -0.2) is 52.4 Å². The topological polar surface area (TPSA) is 113 Å². The van der Waals surface area contributed by atoms with Crippen LogP contribution in [0.25, 0.3) is 0 Å². The number of carbonyl (C=O) groups excluding carboxylic acids is 3. The van der Waals surface area contributed by atoms with Crippen molar-refractivity contribution in [2.75, 3.05) is 6.54 Å². The Hall–Kier alpha value is -3.68. The largest absolute Gasteiger partial charge is 0.480 e. The van der Waals surface area contributed by atoms with Crippen LogP contribution in [0.5, 0.6) is 0 Å². The van der Waals surface area contributed by atoms with Crippen LogP contribution in [0.2, 0.25) is 0 Å². The van der Waals surface area contributed by atoms with E-state index in [1.54, 1.807) is 6.92 Å². The van der Waals surface area contributed by atoms with Gasteiger partial charge in [0, 0.05) is 6.54 Å². The van der Waals surface area contributed by atoms with Gasteiger partial charge in [0.25, 0.3) is 0 Å². The van der Waals surface area contributed by atoms with E-state index >= 15 is 0 Å². The number of ether oxygens (including phenoxy) is 1. The lowest BCUT2D eigenvalue weighted by molar-refractivity contribution is -0.158. The standard InChI is InChI=1S/C29H34N2O6/c1-19(27(33)31-18-10-17-24(31)28(34)35)30-26(32)22-15-8-9-16-23(22)29(36)37-25(20-11-4-2-5-12-20)21-13-6-3-7-14-21/h2-7,11-14,19,22-25H,8-10,15-18H2,1H3,(H,30,32)(H,34,35)/t19-,22+,23-,24-/m0/s1. The first-order valence-corrected chi connectivity index (χ1v) is 13.0. The number of esters is 1. The Morgan fingerprint density at radius 3 is 2.00 bits per heavy atom. The third kappa shape index (κ3) is 6.18. The zero-order chi connectivity index (χ0) is 26.4. The fourth-order valence-corrected chi connectivity index (χ4v) is 5.43. The number of hydrogen-bond acceptors (Lipinski definition) is 5. The summed E-state index contributed by atoms with van der Waals surface area (Å²) >= 11 is 0. The summed E-state index contributed by atoms with van der Waals surface area (Å²) in [6.45, 7) is 1.92. The van der Waals surface area contributed by atoms with E-state index in [1.807, 2.05) is 60.7 Å². The number of rotatable bonds is 8. The second-order valence-electron chi connectivity index (χ2n) is 9.89. The maximum absolute atomic E-state index is 13.5. The predicted octanol–water partition coefficient (Wildman–Crippen LogP) is 3.71. The van der Waals surface area contributed by atoms with Gasteiger partial charge in [0.05, 0.1) is 11.8 Å². The molecular weight excluding hydrogens is 472 g/mol. The minimum Gasteiger partial charge on any atom is -0.480 e. The fraction of sp³-hybridized carbons (Fsp3) is 0.448. The molecular formula is C29H34N2O6. The fourth-order valence-electron chi connectivity index (χ4n) is 5.43. The molecule has 2 aromatic rings. The molecule has 8 nitrogen and oxygen atoms in total. The molecule has 196 valence electrons. The highest BCUT2D eigenvalue weighted by molar-refractivity contribution is 5.92. The average Bonchev–Trinajstić information content (AvgIpc) is 3.42. The number of hydrogen-bond donors (Lipinski definition) is 2. The van der Waals surface area contributed by atoms with E-state index in [9.17, 15) is 24.3 Å². The molecule has 4 atom stereocenters. The van der Waals surface area contributed by atoms with Gasteiger partial charge in [-0.05, 0) is 43.7 Å². The Bertz CT molecular complexity index is 1070. The Morgan fingerprint density at radius 1 is 0.865 bits per heavy atom. The molecule has 2 aromatic carbocycles. The summed E-state index contributed by atoms with van der Waals surface area (Å²) in [5.41, 5.74) is 1.69. The van der Waals surface area contributed by atoms with E-state index in [0.29, 0.717) is 32.2 Å². The summed E-state index contributed by atoms with van der Waals surface area (Å²) in [5, 5.41) is 12.2. The number of benzene rings is 2. The number of nitrogens with one attached hydrogen (secondary N) is 1. The van der Waals surface area contributed by atoms with Gasteiger partial charge in [-0.15, -0.1) is 0 Å². The highest BCUT2D eigenvalue weighted by Gasteiger charge is 2.40. The van der Waals surface area contributed by atoms with E-state index < -0.39 is 47.9 Å². The van der Waals surface area contributed by atoms with Crippen molar-refractivity contribution in [3.63, 3.8) is 0 Å². The van der Waals surface area contributed by atoms with Gasteiger partial charge in [-0.25, -0.2) is 4.79 Å². The van der Waals surface area contributed by atoms with Crippen molar-refractivity contribution in [3.05, 3.63) is 71.8 Å². The normalized spacial score (nSPS) is 22.3. The van der Waals surface area contributed by atoms with Crippen LogP contribution in [-0.2, 0) is 23.9 Å². The van der Waals surface area contributed by atoms with Crippen molar-refractivity contribution in [1.82, 2.24) is 10.2 Å². The van der Waals surface area contributed by atoms with Crippen molar-refractivity contribution in [1.29, 1.82) is 0 Å². The molecule has 1 aliphatic heterocycles. The molecule has 1 saturated carbocycles. The van der Waals surface area contributed by atoms with Crippen LogP contribution in [0.4, 0.5) is 0 Å². The van der Waals surface area contributed by atoms with Gasteiger partial charge >= 0.3 is 11.9 Å². The second kappa shape index (κ2) is 12.0. The second-order valence-corrected chi connectivity index (χ2v) is 9.89. The number of nitrogens with zero attached hydrogens (tertiary/aromatic N) is 1. The van der Waals surface area contributed by atoms with Gasteiger partial charge in [0.1, 0.15) is 12.1 Å². The van der Waals surface area contributed by atoms with Crippen LogP contribution in [0.3, 0.4) is 0 Å². The smallest absolute Gasteiger partial charge is 0.326 e. The lowest BCUT2D eigenvalue weighted by Gasteiger charge is -2.32. The van der Waals surface area contributed by atoms with E-state index in [-0.39, 0.29) is 5.91 Å². The van der Waals surface area contributed by atoms with Crippen LogP contribution < -0.4 is 5.32 Å². The first kappa shape index (κ1) is 26.4.